The lowest BCUT2D eigenvalue weighted by atomic mass is 10.2. The molecule has 1 rings (SSSR count). The molecule has 1 aromatic carbocycles. The Labute approximate surface area is 106 Å². The summed E-state index contributed by atoms with van der Waals surface area (Å²) in [4.78, 5) is 11.9. The fraction of sp³-hybridized carbons (Fsp3) is 0.462. The first-order chi connectivity index (χ1) is 8.26. The molecule has 0 saturated carbocycles. The van der Waals surface area contributed by atoms with Crippen molar-refractivity contribution in [3.8, 4) is 11.5 Å². The largest absolute Gasteiger partial charge is 0.496 e. The summed E-state index contributed by atoms with van der Waals surface area (Å²) in [5.41, 5.74) is 0.518. The van der Waals surface area contributed by atoms with Crippen LogP contribution in [0.5, 0.6) is 11.5 Å². The summed E-state index contributed by atoms with van der Waals surface area (Å²) in [6, 6.07) is 3.59. The van der Waals surface area contributed by atoms with E-state index in [0.29, 0.717) is 11.3 Å². The molecule has 0 saturated heterocycles. The van der Waals surface area contributed by atoms with Gasteiger partial charge in [-0.15, -0.1) is 11.8 Å². The minimum Gasteiger partial charge on any atom is -0.496 e. The second-order valence-electron chi connectivity index (χ2n) is 3.56. The van der Waals surface area contributed by atoms with Crippen LogP contribution in [0.2, 0.25) is 0 Å². The van der Waals surface area contributed by atoms with E-state index in [0.717, 1.165) is 29.1 Å². The number of hydrogen-bond acceptors (Lipinski definition) is 4. The van der Waals surface area contributed by atoms with Gasteiger partial charge in [0.1, 0.15) is 11.5 Å². The lowest BCUT2D eigenvalue weighted by Gasteiger charge is -2.11. The zero-order valence-corrected chi connectivity index (χ0v) is 11.3. The molecule has 94 valence electrons. The van der Waals surface area contributed by atoms with Crippen molar-refractivity contribution in [3.63, 3.8) is 0 Å². The maximum Gasteiger partial charge on any atom is 0.153 e. The van der Waals surface area contributed by atoms with Crippen molar-refractivity contribution in [2.24, 2.45) is 0 Å². The monoisotopic (exact) mass is 254 g/mol. The first-order valence-electron chi connectivity index (χ1n) is 5.60. The molecule has 1 aromatic rings. The van der Waals surface area contributed by atoms with Gasteiger partial charge in [0, 0.05) is 0 Å². The van der Waals surface area contributed by atoms with Gasteiger partial charge in [-0.25, -0.2) is 0 Å². The summed E-state index contributed by atoms with van der Waals surface area (Å²) in [6.07, 6.45) is 3.10. The van der Waals surface area contributed by atoms with Gasteiger partial charge in [-0.2, -0.15) is 0 Å². The molecule has 0 unspecified atom stereocenters. The van der Waals surface area contributed by atoms with E-state index in [1.807, 2.05) is 6.07 Å². The molecule has 0 fully saturated rings. The predicted molar refractivity (Wildman–Crippen MR) is 70.6 cm³/mol. The number of rotatable bonds is 7. The molecule has 0 heterocycles. The van der Waals surface area contributed by atoms with Gasteiger partial charge in [0.15, 0.2) is 6.29 Å². The van der Waals surface area contributed by atoms with Crippen LogP contribution < -0.4 is 9.47 Å². The number of unbranched alkanes of at least 4 members (excludes halogenated alkanes) is 1. The number of thioether (sulfide) groups is 1. The predicted octanol–water partition coefficient (Wildman–Crippen LogP) is 3.41. The van der Waals surface area contributed by atoms with E-state index in [9.17, 15) is 4.79 Å². The van der Waals surface area contributed by atoms with Crippen molar-refractivity contribution < 1.29 is 14.3 Å². The van der Waals surface area contributed by atoms with Gasteiger partial charge in [0.2, 0.25) is 0 Å². The molecule has 4 heteroatoms. The summed E-state index contributed by atoms with van der Waals surface area (Å²) in [5.74, 6) is 2.37. The average molecular weight is 254 g/mol. The van der Waals surface area contributed by atoms with Crippen LogP contribution >= 0.6 is 11.8 Å². The van der Waals surface area contributed by atoms with Crippen LogP contribution in [-0.4, -0.2) is 26.3 Å². The van der Waals surface area contributed by atoms with Crippen molar-refractivity contribution in [3.05, 3.63) is 17.7 Å². The van der Waals surface area contributed by atoms with Crippen molar-refractivity contribution in [2.75, 3.05) is 20.0 Å². The van der Waals surface area contributed by atoms with Crippen LogP contribution in [0, 0.1) is 0 Å². The van der Waals surface area contributed by atoms with Crippen LogP contribution in [0.1, 0.15) is 30.1 Å². The smallest absolute Gasteiger partial charge is 0.153 e. The lowest BCUT2D eigenvalue weighted by molar-refractivity contribution is 0.112. The highest BCUT2D eigenvalue weighted by molar-refractivity contribution is 7.99. The summed E-state index contributed by atoms with van der Waals surface area (Å²) in [7, 11) is 3.18. The molecule has 3 nitrogen and oxygen atoms in total. The van der Waals surface area contributed by atoms with E-state index in [1.54, 1.807) is 32.0 Å². The van der Waals surface area contributed by atoms with Crippen molar-refractivity contribution in [1.82, 2.24) is 0 Å². The minimum atomic E-state index is 0.518. The van der Waals surface area contributed by atoms with E-state index in [1.165, 1.54) is 6.42 Å². The van der Waals surface area contributed by atoms with Crippen LogP contribution in [0.4, 0.5) is 0 Å². The molecule has 0 atom stereocenters. The van der Waals surface area contributed by atoms with Crippen molar-refractivity contribution in [2.45, 2.75) is 24.7 Å². The van der Waals surface area contributed by atoms with Gasteiger partial charge < -0.3 is 9.47 Å². The van der Waals surface area contributed by atoms with Gasteiger partial charge in [0.05, 0.1) is 24.7 Å². The Morgan fingerprint density at radius 1 is 1.24 bits per heavy atom. The Hall–Kier alpha value is -1.16. The lowest BCUT2D eigenvalue weighted by Crippen LogP contribution is -1.95. The molecule has 0 N–H and O–H groups in total. The Bertz CT molecular complexity index is 377. The summed E-state index contributed by atoms with van der Waals surface area (Å²) >= 11 is 1.72. The molecule has 0 aliphatic carbocycles. The van der Waals surface area contributed by atoms with E-state index >= 15 is 0 Å². The maximum atomic E-state index is 10.9. The average Bonchev–Trinajstić information content (AvgIpc) is 2.38. The third-order valence-electron chi connectivity index (χ3n) is 2.40. The van der Waals surface area contributed by atoms with Gasteiger partial charge in [0.25, 0.3) is 0 Å². The standard InChI is InChI=1S/C13H18O3S/c1-4-5-6-17-13-8-11(15-2)10(9-14)7-12(13)16-3/h7-9H,4-6H2,1-3H3. The SMILES string of the molecule is CCCCSc1cc(OC)c(C=O)cc1OC. The van der Waals surface area contributed by atoms with Crippen LogP contribution in [-0.2, 0) is 0 Å². The van der Waals surface area contributed by atoms with Crippen molar-refractivity contribution in [1.29, 1.82) is 0 Å². The molecule has 0 bridgehead atoms. The van der Waals surface area contributed by atoms with E-state index in [2.05, 4.69) is 6.92 Å². The van der Waals surface area contributed by atoms with Gasteiger partial charge in [-0.3, -0.25) is 4.79 Å². The second kappa shape index (κ2) is 7.22. The highest BCUT2D eigenvalue weighted by Gasteiger charge is 2.10. The number of carbonyl (C=O) groups is 1. The number of ether oxygens (including phenoxy) is 2. The fourth-order valence-electron chi connectivity index (χ4n) is 1.42. The summed E-state index contributed by atoms with van der Waals surface area (Å²) < 4.78 is 10.5. The highest BCUT2D eigenvalue weighted by Crippen LogP contribution is 2.35. The minimum absolute atomic E-state index is 0.518. The summed E-state index contributed by atoms with van der Waals surface area (Å²) in [6.45, 7) is 2.16. The van der Waals surface area contributed by atoms with Crippen LogP contribution in [0.15, 0.2) is 17.0 Å². The number of hydrogen-bond donors (Lipinski definition) is 0. The third-order valence-corrected chi connectivity index (χ3v) is 3.52. The molecule has 0 aromatic heterocycles. The third kappa shape index (κ3) is 3.66. The molecule has 0 aliphatic rings. The number of aldehydes is 1. The molecule has 0 spiro atoms. The normalized spacial score (nSPS) is 10.1. The number of methoxy groups -OCH3 is 2. The Morgan fingerprint density at radius 3 is 2.47 bits per heavy atom. The van der Waals surface area contributed by atoms with Crippen LogP contribution in [0.3, 0.4) is 0 Å². The van der Waals surface area contributed by atoms with Gasteiger partial charge in [-0.05, 0) is 24.3 Å². The molecular formula is C13H18O3S. The topological polar surface area (TPSA) is 35.5 Å². The second-order valence-corrected chi connectivity index (χ2v) is 4.70. The number of benzene rings is 1. The zero-order valence-electron chi connectivity index (χ0n) is 10.5. The van der Waals surface area contributed by atoms with E-state index in [-0.39, 0.29) is 0 Å². The molecule has 0 radical (unpaired) electrons. The van der Waals surface area contributed by atoms with Crippen molar-refractivity contribution >= 4 is 18.0 Å². The molecule has 0 aliphatic heterocycles. The Morgan fingerprint density at radius 2 is 1.94 bits per heavy atom. The Kier molecular flexibility index (Phi) is 5.91. The zero-order chi connectivity index (χ0) is 12.7. The molecule has 17 heavy (non-hydrogen) atoms. The van der Waals surface area contributed by atoms with Crippen LogP contribution in [0.25, 0.3) is 0 Å². The molecule has 0 amide bonds. The quantitative estimate of drug-likeness (QED) is 0.424. The maximum absolute atomic E-state index is 10.9. The molecular weight excluding hydrogens is 236 g/mol. The van der Waals surface area contributed by atoms with Gasteiger partial charge in [-0.1, -0.05) is 13.3 Å². The first kappa shape index (κ1) is 13.9. The first-order valence-corrected chi connectivity index (χ1v) is 6.59. The summed E-state index contributed by atoms with van der Waals surface area (Å²) in [5, 5.41) is 0. The fourth-order valence-corrected chi connectivity index (χ4v) is 2.55. The Balaban J connectivity index is 2.97. The van der Waals surface area contributed by atoms with Gasteiger partial charge >= 0.3 is 0 Å². The van der Waals surface area contributed by atoms with E-state index < -0.39 is 0 Å². The highest BCUT2D eigenvalue weighted by atomic mass is 32.2. The van der Waals surface area contributed by atoms with E-state index in [4.69, 9.17) is 9.47 Å². The number of carbonyl (C=O) groups excluding carboxylic acids is 1.